The number of phenolic OH excluding ortho intramolecular Hbond substituents is 1. The highest BCUT2D eigenvalue weighted by molar-refractivity contribution is 9.10. The van der Waals surface area contributed by atoms with Gasteiger partial charge in [-0.2, -0.15) is 0 Å². The lowest BCUT2D eigenvalue weighted by atomic mass is 10.2. The third-order valence-electron chi connectivity index (χ3n) is 1.17. The fourth-order valence-corrected chi connectivity index (χ4v) is 1.43. The van der Waals surface area contributed by atoms with Gasteiger partial charge < -0.3 is 5.11 Å². The van der Waals surface area contributed by atoms with Crippen molar-refractivity contribution >= 4 is 27.5 Å². The summed E-state index contributed by atoms with van der Waals surface area (Å²) < 4.78 is 0.931. The third kappa shape index (κ3) is 1.64. The summed E-state index contributed by atoms with van der Waals surface area (Å²) >= 11 is 8.86. The normalized spacial score (nSPS) is 9.80. The number of benzene rings is 1. The first-order valence-corrected chi connectivity index (χ1v) is 4.10. The predicted octanol–water partition coefficient (Wildman–Crippen LogP) is 2.89. The Morgan fingerprint density at radius 2 is 2.20 bits per heavy atom. The summed E-state index contributed by atoms with van der Waals surface area (Å²) in [7, 11) is 0. The van der Waals surface area contributed by atoms with E-state index in [4.69, 9.17) is 16.7 Å². The van der Waals surface area contributed by atoms with Crippen LogP contribution in [0.15, 0.2) is 22.7 Å². The minimum atomic E-state index is 0.249. The maximum atomic E-state index is 8.99. The SMILES string of the molecule is Oc1ccc(Br)c(CCl)c1. The molecule has 1 nitrogen and oxygen atoms in total. The van der Waals surface area contributed by atoms with E-state index in [0.29, 0.717) is 5.88 Å². The molecule has 0 spiro atoms. The van der Waals surface area contributed by atoms with Crippen molar-refractivity contribution in [2.75, 3.05) is 0 Å². The number of alkyl halides is 1. The van der Waals surface area contributed by atoms with Gasteiger partial charge in [-0.1, -0.05) is 15.9 Å². The maximum absolute atomic E-state index is 8.99. The molecule has 0 amide bonds. The molecule has 0 fully saturated rings. The molecule has 1 rings (SSSR count). The molecule has 0 saturated carbocycles. The fourth-order valence-electron chi connectivity index (χ4n) is 0.664. The second kappa shape index (κ2) is 3.26. The van der Waals surface area contributed by atoms with Gasteiger partial charge in [-0.25, -0.2) is 0 Å². The van der Waals surface area contributed by atoms with Gasteiger partial charge in [0.1, 0.15) is 5.75 Å². The van der Waals surface area contributed by atoms with E-state index in [9.17, 15) is 0 Å². The van der Waals surface area contributed by atoms with Crippen LogP contribution in [0, 0.1) is 0 Å². The van der Waals surface area contributed by atoms with Crippen molar-refractivity contribution < 1.29 is 5.11 Å². The molecule has 0 bridgehead atoms. The third-order valence-corrected chi connectivity index (χ3v) is 2.23. The molecule has 1 aromatic carbocycles. The van der Waals surface area contributed by atoms with E-state index in [0.717, 1.165) is 10.0 Å². The first-order valence-electron chi connectivity index (χ1n) is 2.77. The van der Waals surface area contributed by atoms with Crippen molar-refractivity contribution in [3.63, 3.8) is 0 Å². The average Bonchev–Trinajstić information content (AvgIpc) is 1.94. The lowest BCUT2D eigenvalue weighted by molar-refractivity contribution is 0.474. The molecule has 0 atom stereocenters. The molecule has 0 aliphatic rings. The van der Waals surface area contributed by atoms with Gasteiger partial charge in [-0.05, 0) is 23.8 Å². The minimum Gasteiger partial charge on any atom is -0.508 e. The molecule has 0 unspecified atom stereocenters. The lowest BCUT2D eigenvalue weighted by Crippen LogP contribution is -1.78. The first-order chi connectivity index (χ1) is 4.74. The summed E-state index contributed by atoms with van der Waals surface area (Å²) in [5.41, 5.74) is 0.904. The van der Waals surface area contributed by atoms with Crippen molar-refractivity contribution in [3.05, 3.63) is 28.2 Å². The van der Waals surface area contributed by atoms with Gasteiger partial charge in [0.25, 0.3) is 0 Å². The Morgan fingerprint density at radius 3 is 2.70 bits per heavy atom. The van der Waals surface area contributed by atoms with Gasteiger partial charge in [0, 0.05) is 10.4 Å². The Kier molecular flexibility index (Phi) is 2.57. The number of aromatic hydroxyl groups is 1. The first kappa shape index (κ1) is 7.89. The molecular formula is C7H6BrClO. The predicted molar refractivity (Wildman–Crippen MR) is 45.4 cm³/mol. The van der Waals surface area contributed by atoms with E-state index in [1.165, 1.54) is 0 Å². The van der Waals surface area contributed by atoms with E-state index >= 15 is 0 Å². The highest BCUT2D eigenvalue weighted by atomic mass is 79.9. The molecule has 1 aromatic rings. The molecule has 3 heteroatoms. The summed E-state index contributed by atoms with van der Waals surface area (Å²) in [6.07, 6.45) is 0. The van der Waals surface area contributed by atoms with Crippen LogP contribution >= 0.6 is 27.5 Å². The smallest absolute Gasteiger partial charge is 0.115 e. The van der Waals surface area contributed by atoms with Crippen LogP contribution in [0.5, 0.6) is 5.75 Å². The highest BCUT2D eigenvalue weighted by Crippen LogP contribution is 2.22. The average molecular weight is 221 g/mol. The number of phenols is 1. The fraction of sp³-hybridized carbons (Fsp3) is 0.143. The molecule has 10 heavy (non-hydrogen) atoms. The zero-order chi connectivity index (χ0) is 7.56. The lowest BCUT2D eigenvalue weighted by Gasteiger charge is -1.98. The Bertz CT molecular complexity index is 237. The van der Waals surface area contributed by atoms with Crippen LogP contribution in [0.3, 0.4) is 0 Å². The van der Waals surface area contributed by atoms with E-state index in [2.05, 4.69) is 15.9 Å². The van der Waals surface area contributed by atoms with Gasteiger partial charge in [-0.3, -0.25) is 0 Å². The topological polar surface area (TPSA) is 20.2 Å². The Labute approximate surface area is 72.8 Å². The molecule has 1 N–H and O–H groups in total. The van der Waals surface area contributed by atoms with Crippen LogP contribution in [0.25, 0.3) is 0 Å². The van der Waals surface area contributed by atoms with Crippen LogP contribution in [-0.4, -0.2) is 5.11 Å². The van der Waals surface area contributed by atoms with E-state index in [1.54, 1.807) is 18.2 Å². The van der Waals surface area contributed by atoms with Crippen LogP contribution < -0.4 is 0 Å². The second-order valence-electron chi connectivity index (χ2n) is 1.91. The van der Waals surface area contributed by atoms with E-state index in [1.807, 2.05) is 0 Å². The molecule has 0 radical (unpaired) electrons. The van der Waals surface area contributed by atoms with Gasteiger partial charge in [0.2, 0.25) is 0 Å². The number of hydrogen-bond donors (Lipinski definition) is 1. The quantitative estimate of drug-likeness (QED) is 0.723. The molecular weight excluding hydrogens is 215 g/mol. The zero-order valence-electron chi connectivity index (χ0n) is 5.14. The van der Waals surface area contributed by atoms with Gasteiger partial charge in [0.15, 0.2) is 0 Å². The second-order valence-corrected chi connectivity index (χ2v) is 3.03. The van der Waals surface area contributed by atoms with Gasteiger partial charge >= 0.3 is 0 Å². The van der Waals surface area contributed by atoms with E-state index in [-0.39, 0.29) is 5.75 Å². The molecule has 0 saturated heterocycles. The maximum Gasteiger partial charge on any atom is 0.115 e. The largest absolute Gasteiger partial charge is 0.508 e. The van der Waals surface area contributed by atoms with Crippen molar-refractivity contribution in [2.45, 2.75) is 5.88 Å². The van der Waals surface area contributed by atoms with Gasteiger partial charge in [-0.15, -0.1) is 11.6 Å². The Balaban J connectivity index is 3.09. The number of rotatable bonds is 1. The van der Waals surface area contributed by atoms with Crippen LogP contribution in [0.2, 0.25) is 0 Å². The summed E-state index contributed by atoms with van der Waals surface area (Å²) in [5.74, 6) is 0.661. The molecule has 0 aromatic heterocycles. The van der Waals surface area contributed by atoms with Crippen LogP contribution in [-0.2, 0) is 5.88 Å². The molecule has 0 aliphatic heterocycles. The van der Waals surface area contributed by atoms with Crippen molar-refractivity contribution in [2.24, 2.45) is 0 Å². The summed E-state index contributed by atoms with van der Waals surface area (Å²) in [4.78, 5) is 0. The Morgan fingerprint density at radius 1 is 1.50 bits per heavy atom. The monoisotopic (exact) mass is 220 g/mol. The summed E-state index contributed by atoms with van der Waals surface area (Å²) in [6.45, 7) is 0. The van der Waals surface area contributed by atoms with Crippen LogP contribution in [0.1, 0.15) is 5.56 Å². The van der Waals surface area contributed by atoms with Crippen molar-refractivity contribution in [1.29, 1.82) is 0 Å². The summed E-state index contributed by atoms with van der Waals surface area (Å²) in [5, 5.41) is 8.99. The Hall–Kier alpha value is -0.210. The summed E-state index contributed by atoms with van der Waals surface area (Å²) in [6, 6.07) is 5.02. The van der Waals surface area contributed by atoms with Crippen LogP contribution in [0.4, 0.5) is 0 Å². The minimum absolute atomic E-state index is 0.249. The van der Waals surface area contributed by atoms with Crippen molar-refractivity contribution in [1.82, 2.24) is 0 Å². The zero-order valence-corrected chi connectivity index (χ0v) is 7.48. The molecule has 0 heterocycles. The molecule has 0 aliphatic carbocycles. The number of halogens is 2. The highest BCUT2D eigenvalue weighted by Gasteiger charge is 1.97. The van der Waals surface area contributed by atoms with E-state index < -0.39 is 0 Å². The van der Waals surface area contributed by atoms with Gasteiger partial charge in [0.05, 0.1) is 0 Å². The standard InChI is InChI=1S/C7H6BrClO/c8-7-2-1-6(10)3-5(7)4-9/h1-3,10H,4H2. The number of hydrogen-bond acceptors (Lipinski definition) is 1. The van der Waals surface area contributed by atoms with Crippen molar-refractivity contribution in [3.8, 4) is 5.75 Å². The molecule has 54 valence electrons.